The maximum Gasteiger partial charge on any atom is 0.255 e. The second kappa shape index (κ2) is 10.4. The molecule has 1 amide bonds. The maximum atomic E-state index is 12.7. The molecule has 0 saturated heterocycles. The fourth-order valence-electron chi connectivity index (χ4n) is 2.95. The van der Waals surface area contributed by atoms with Gasteiger partial charge in [0.2, 0.25) is 0 Å². The largest absolute Gasteiger partial charge is 0.493 e. The first-order valence-electron chi connectivity index (χ1n) is 10.0. The van der Waals surface area contributed by atoms with E-state index in [2.05, 4.69) is 15.5 Å². The van der Waals surface area contributed by atoms with E-state index in [0.717, 1.165) is 15.6 Å². The van der Waals surface area contributed by atoms with Crippen molar-refractivity contribution in [3.8, 4) is 11.5 Å². The van der Waals surface area contributed by atoms with Crippen LogP contribution in [-0.4, -0.2) is 27.8 Å². The molecule has 0 aliphatic rings. The summed E-state index contributed by atoms with van der Waals surface area (Å²) in [6.07, 6.45) is 1.65. The van der Waals surface area contributed by atoms with Crippen molar-refractivity contribution in [3.05, 3.63) is 89.2 Å². The molecule has 4 aromatic rings. The Labute approximate surface area is 200 Å². The monoisotopic (exact) mass is 480 g/mol. The van der Waals surface area contributed by atoms with Gasteiger partial charge in [-0.3, -0.25) is 4.79 Å². The van der Waals surface area contributed by atoms with Gasteiger partial charge in [-0.25, -0.2) is 0 Å². The molecule has 0 spiro atoms. The molecule has 0 radical (unpaired) electrons. The van der Waals surface area contributed by atoms with Gasteiger partial charge in [0.15, 0.2) is 16.7 Å². The molecule has 3 aromatic carbocycles. The van der Waals surface area contributed by atoms with Crippen molar-refractivity contribution >= 4 is 35.0 Å². The van der Waals surface area contributed by atoms with E-state index in [4.69, 9.17) is 21.1 Å². The van der Waals surface area contributed by atoms with Crippen molar-refractivity contribution in [1.29, 1.82) is 0 Å². The molecule has 0 aliphatic heterocycles. The first-order valence-corrected chi connectivity index (χ1v) is 11.2. The average molecular weight is 481 g/mol. The number of ether oxygens (including phenoxy) is 2. The van der Waals surface area contributed by atoms with E-state index in [9.17, 15) is 4.79 Å². The van der Waals surface area contributed by atoms with Crippen LogP contribution in [0.25, 0.3) is 0 Å². The normalized spacial score (nSPS) is 10.6. The summed E-state index contributed by atoms with van der Waals surface area (Å²) in [5.41, 5.74) is 2.12. The summed E-state index contributed by atoms with van der Waals surface area (Å²) in [5, 5.41) is 12.3. The van der Waals surface area contributed by atoms with Gasteiger partial charge in [-0.2, -0.15) is 0 Å². The van der Waals surface area contributed by atoms with Crippen LogP contribution < -0.4 is 14.8 Å². The number of anilines is 1. The quantitative estimate of drug-likeness (QED) is 0.361. The minimum atomic E-state index is -0.244. The molecule has 1 heterocycles. The third kappa shape index (κ3) is 5.85. The molecule has 0 aliphatic carbocycles. The fourth-order valence-corrected chi connectivity index (χ4v) is 3.84. The SMILES string of the molecule is COc1cc(C(=O)Nc2ccc(Sc3nncn3C)cc2)ccc1OCc1ccc(Cl)cc1. The van der Waals surface area contributed by atoms with E-state index in [1.54, 1.807) is 31.6 Å². The first kappa shape index (κ1) is 22.7. The molecule has 168 valence electrons. The first-order chi connectivity index (χ1) is 16.0. The van der Waals surface area contributed by atoms with Crippen LogP contribution >= 0.6 is 23.4 Å². The molecule has 0 fully saturated rings. The minimum Gasteiger partial charge on any atom is -0.493 e. The van der Waals surface area contributed by atoms with E-state index in [0.29, 0.717) is 34.4 Å². The fraction of sp³-hybridized carbons (Fsp3) is 0.125. The summed E-state index contributed by atoms with van der Waals surface area (Å²) in [4.78, 5) is 13.7. The Morgan fingerprint density at radius 1 is 1.06 bits per heavy atom. The van der Waals surface area contributed by atoms with Crippen molar-refractivity contribution in [3.63, 3.8) is 0 Å². The van der Waals surface area contributed by atoms with Crippen molar-refractivity contribution < 1.29 is 14.3 Å². The van der Waals surface area contributed by atoms with Gasteiger partial charge in [-0.1, -0.05) is 23.7 Å². The van der Waals surface area contributed by atoms with Crippen molar-refractivity contribution in [2.75, 3.05) is 12.4 Å². The van der Waals surface area contributed by atoms with E-state index in [-0.39, 0.29) is 5.91 Å². The van der Waals surface area contributed by atoms with Crippen LogP contribution in [0.4, 0.5) is 5.69 Å². The number of nitrogens with one attached hydrogen (secondary N) is 1. The third-order valence-corrected chi connectivity index (χ3v) is 6.04. The molecular formula is C24H21ClN4O3S. The smallest absolute Gasteiger partial charge is 0.255 e. The molecule has 0 saturated carbocycles. The number of benzene rings is 3. The Balaban J connectivity index is 1.39. The number of rotatable bonds is 8. The zero-order chi connectivity index (χ0) is 23.2. The topological polar surface area (TPSA) is 78.3 Å². The lowest BCUT2D eigenvalue weighted by Gasteiger charge is -2.13. The number of carbonyl (C=O) groups is 1. The van der Waals surface area contributed by atoms with Crippen LogP contribution in [0, 0.1) is 0 Å². The van der Waals surface area contributed by atoms with Crippen LogP contribution in [-0.2, 0) is 13.7 Å². The summed E-state index contributed by atoms with van der Waals surface area (Å²) in [6, 6.07) is 20.0. The van der Waals surface area contributed by atoms with Crippen LogP contribution in [0.1, 0.15) is 15.9 Å². The second-order valence-electron chi connectivity index (χ2n) is 7.09. The Morgan fingerprint density at radius 3 is 2.48 bits per heavy atom. The van der Waals surface area contributed by atoms with Crippen LogP contribution in [0.2, 0.25) is 5.02 Å². The summed E-state index contributed by atoms with van der Waals surface area (Å²) in [6.45, 7) is 0.359. The average Bonchev–Trinajstić information content (AvgIpc) is 3.24. The van der Waals surface area contributed by atoms with E-state index < -0.39 is 0 Å². The summed E-state index contributed by atoms with van der Waals surface area (Å²) in [5.74, 6) is 0.785. The van der Waals surface area contributed by atoms with Crippen molar-refractivity contribution in [2.45, 2.75) is 16.7 Å². The van der Waals surface area contributed by atoms with Gasteiger partial charge in [0.1, 0.15) is 12.9 Å². The lowest BCUT2D eigenvalue weighted by Crippen LogP contribution is -2.12. The minimum absolute atomic E-state index is 0.244. The molecule has 0 atom stereocenters. The highest BCUT2D eigenvalue weighted by Crippen LogP contribution is 2.30. The molecule has 33 heavy (non-hydrogen) atoms. The van der Waals surface area contributed by atoms with Crippen LogP contribution in [0.15, 0.2) is 83.1 Å². The highest BCUT2D eigenvalue weighted by atomic mass is 35.5. The molecule has 1 aromatic heterocycles. The van der Waals surface area contributed by atoms with Gasteiger partial charge in [-0.05, 0) is 71.9 Å². The number of halogens is 1. The van der Waals surface area contributed by atoms with Gasteiger partial charge in [0.25, 0.3) is 5.91 Å². The molecule has 0 bridgehead atoms. The summed E-state index contributed by atoms with van der Waals surface area (Å²) < 4.78 is 13.1. The number of hydrogen-bond donors (Lipinski definition) is 1. The lowest BCUT2D eigenvalue weighted by atomic mass is 10.1. The van der Waals surface area contributed by atoms with Gasteiger partial charge < -0.3 is 19.4 Å². The number of aryl methyl sites for hydroxylation is 1. The molecule has 7 nitrogen and oxygen atoms in total. The highest BCUT2D eigenvalue weighted by molar-refractivity contribution is 7.99. The third-order valence-electron chi connectivity index (χ3n) is 4.72. The number of methoxy groups -OCH3 is 1. The number of hydrogen-bond acceptors (Lipinski definition) is 6. The van der Waals surface area contributed by atoms with Gasteiger partial charge in [-0.15, -0.1) is 10.2 Å². The predicted molar refractivity (Wildman–Crippen MR) is 128 cm³/mol. The van der Waals surface area contributed by atoms with Crippen LogP contribution in [0.5, 0.6) is 11.5 Å². The van der Waals surface area contributed by atoms with Gasteiger partial charge in [0.05, 0.1) is 7.11 Å². The molecule has 9 heteroatoms. The molecule has 4 rings (SSSR count). The standard InChI is InChI=1S/C24H21ClN4O3S/c1-29-15-26-28-24(29)33-20-10-8-19(9-11-20)27-23(30)17-5-12-21(22(13-17)31-2)32-14-16-3-6-18(25)7-4-16/h3-13,15H,14H2,1-2H3,(H,27,30). The Morgan fingerprint density at radius 2 is 1.82 bits per heavy atom. The molecule has 1 N–H and O–H groups in total. The van der Waals surface area contributed by atoms with Gasteiger partial charge in [0, 0.05) is 28.2 Å². The number of aromatic nitrogens is 3. The van der Waals surface area contributed by atoms with E-state index in [1.807, 2.05) is 60.1 Å². The lowest BCUT2D eigenvalue weighted by molar-refractivity contribution is 0.102. The molecule has 0 unspecified atom stereocenters. The number of carbonyl (C=O) groups excluding carboxylic acids is 1. The van der Waals surface area contributed by atoms with E-state index in [1.165, 1.54) is 11.8 Å². The second-order valence-corrected chi connectivity index (χ2v) is 8.56. The van der Waals surface area contributed by atoms with E-state index >= 15 is 0 Å². The number of amides is 1. The zero-order valence-electron chi connectivity index (χ0n) is 18.0. The van der Waals surface area contributed by atoms with Crippen molar-refractivity contribution in [2.24, 2.45) is 7.05 Å². The summed E-state index contributed by atoms with van der Waals surface area (Å²) in [7, 11) is 3.43. The van der Waals surface area contributed by atoms with Crippen molar-refractivity contribution in [1.82, 2.24) is 14.8 Å². The molecular weight excluding hydrogens is 460 g/mol. The predicted octanol–water partition coefficient (Wildman–Crippen LogP) is 5.46. The van der Waals surface area contributed by atoms with Gasteiger partial charge >= 0.3 is 0 Å². The zero-order valence-corrected chi connectivity index (χ0v) is 19.6. The van der Waals surface area contributed by atoms with Crippen LogP contribution in [0.3, 0.4) is 0 Å². The Hall–Kier alpha value is -3.49. The maximum absolute atomic E-state index is 12.7. The Bertz CT molecular complexity index is 1240. The highest BCUT2D eigenvalue weighted by Gasteiger charge is 2.12. The Kier molecular flexibility index (Phi) is 7.16. The number of nitrogens with zero attached hydrogens (tertiary/aromatic N) is 3. The summed E-state index contributed by atoms with van der Waals surface area (Å²) >= 11 is 7.41.